The van der Waals surface area contributed by atoms with Crippen molar-refractivity contribution >= 4 is 17.7 Å². The van der Waals surface area contributed by atoms with Gasteiger partial charge in [-0.1, -0.05) is 38.2 Å². The van der Waals surface area contributed by atoms with Crippen LogP contribution in [0, 0.1) is 17.8 Å². The highest BCUT2D eigenvalue weighted by molar-refractivity contribution is 6.00. The summed E-state index contributed by atoms with van der Waals surface area (Å²) in [6.07, 6.45) is 7.56. The Bertz CT molecular complexity index is 993. The minimum absolute atomic E-state index is 0.0922. The van der Waals surface area contributed by atoms with Crippen LogP contribution >= 0.6 is 0 Å². The number of aliphatic hydroxyl groups excluding tert-OH is 1. The van der Waals surface area contributed by atoms with E-state index in [1.807, 2.05) is 45.1 Å². The zero-order valence-corrected chi connectivity index (χ0v) is 22.3. The minimum Gasteiger partial charge on any atom is -0.394 e. The summed E-state index contributed by atoms with van der Waals surface area (Å²) in [4.78, 5) is 49.5. The third kappa shape index (κ3) is 4.13. The third-order valence-corrected chi connectivity index (χ3v) is 8.88. The molecule has 3 saturated heterocycles. The molecule has 10 nitrogen and oxygen atoms in total. The topological polar surface area (TPSA) is 103 Å². The molecule has 10 heteroatoms. The molecule has 0 aromatic carbocycles. The number of amides is 3. The van der Waals surface area contributed by atoms with E-state index in [4.69, 9.17) is 9.47 Å². The molecule has 1 unspecified atom stereocenters. The maximum absolute atomic E-state index is 14.3. The Morgan fingerprint density at radius 3 is 2.38 bits per heavy atom. The van der Waals surface area contributed by atoms with E-state index in [1.165, 1.54) is 0 Å². The van der Waals surface area contributed by atoms with Crippen LogP contribution in [0.2, 0.25) is 0 Å². The molecule has 1 spiro atoms. The fourth-order valence-electron chi connectivity index (χ4n) is 6.89. The lowest BCUT2D eigenvalue weighted by atomic mass is 9.74. The van der Waals surface area contributed by atoms with Gasteiger partial charge in [0.25, 0.3) is 0 Å². The Labute approximate surface area is 218 Å². The summed E-state index contributed by atoms with van der Waals surface area (Å²) < 4.78 is 12.2. The molecule has 0 saturated carbocycles. The van der Waals surface area contributed by atoms with E-state index in [9.17, 15) is 19.5 Å². The van der Waals surface area contributed by atoms with Gasteiger partial charge in [0, 0.05) is 46.3 Å². The fraction of sp³-hybridized carbons (Fsp3) is 0.741. The summed E-state index contributed by atoms with van der Waals surface area (Å²) in [6, 6.07) is -1.52. The second kappa shape index (κ2) is 9.80. The summed E-state index contributed by atoms with van der Waals surface area (Å²) >= 11 is 0. The summed E-state index contributed by atoms with van der Waals surface area (Å²) in [7, 11) is 1.73. The molecule has 204 valence electrons. The SMILES string of the molecule is CC(C)[C@H](CO)N1C(=O)[C@@H]2[C@H]3C(=O)N(C)CC=C[C@@]3(C)O[C@@]23C=CCN(CCN2CCOCC2)C(=O)C13. The van der Waals surface area contributed by atoms with Crippen molar-refractivity contribution in [1.82, 2.24) is 19.6 Å². The van der Waals surface area contributed by atoms with Crippen molar-refractivity contribution in [3.8, 4) is 0 Å². The van der Waals surface area contributed by atoms with Gasteiger partial charge in [-0.05, 0) is 12.8 Å². The first-order chi connectivity index (χ1) is 17.6. The lowest BCUT2D eigenvalue weighted by Gasteiger charge is -2.41. The number of carbonyl (C=O) groups excluding carboxylic acids is 3. The maximum atomic E-state index is 14.3. The predicted octanol–water partition coefficient (Wildman–Crippen LogP) is -0.267. The van der Waals surface area contributed by atoms with Crippen LogP contribution < -0.4 is 0 Å². The van der Waals surface area contributed by atoms with Gasteiger partial charge in [-0.15, -0.1) is 0 Å². The molecule has 0 radical (unpaired) electrons. The van der Waals surface area contributed by atoms with Gasteiger partial charge in [0.05, 0.1) is 43.3 Å². The third-order valence-electron chi connectivity index (χ3n) is 8.88. The molecule has 1 N–H and O–H groups in total. The van der Waals surface area contributed by atoms with Crippen molar-refractivity contribution in [3.05, 3.63) is 24.3 Å². The van der Waals surface area contributed by atoms with Gasteiger partial charge in [0.2, 0.25) is 17.7 Å². The second-order valence-corrected chi connectivity index (χ2v) is 11.5. The minimum atomic E-state index is -1.29. The van der Waals surface area contributed by atoms with Crippen LogP contribution in [0.4, 0.5) is 0 Å². The van der Waals surface area contributed by atoms with Crippen molar-refractivity contribution in [2.75, 3.05) is 66.1 Å². The van der Waals surface area contributed by atoms with Crippen molar-refractivity contribution in [2.24, 2.45) is 17.8 Å². The van der Waals surface area contributed by atoms with E-state index in [2.05, 4.69) is 4.90 Å². The van der Waals surface area contributed by atoms with Crippen molar-refractivity contribution in [2.45, 2.75) is 44.1 Å². The van der Waals surface area contributed by atoms with Gasteiger partial charge in [0.15, 0.2) is 0 Å². The zero-order chi connectivity index (χ0) is 26.5. The molecule has 0 aromatic rings. The first-order valence-electron chi connectivity index (χ1n) is 13.5. The van der Waals surface area contributed by atoms with Crippen molar-refractivity contribution < 1.29 is 29.0 Å². The lowest BCUT2D eigenvalue weighted by Crippen LogP contribution is -2.60. The monoisotopic (exact) mass is 516 g/mol. The Balaban J connectivity index is 1.55. The van der Waals surface area contributed by atoms with Crippen LogP contribution in [-0.4, -0.2) is 132 Å². The highest BCUT2D eigenvalue weighted by Gasteiger charge is 2.75. The number of aliphatic hydroxyl groups is 1. The standard InChI is InChI=1S/C27H40N4O6/c1-18(2)19(17-32)31-22-25(35)30(12-11-29-13-15-36-16-14-29)10-6-8-27(22)21(24(31)34)20-23(33)28(4)9-5-7-26(20,3)37-27/h5-8,18-22,32H,9-17H2,1-4H3/t19-,20-,21-,22?,26+,27-/m0/s1. The molecule has 3 amide bonds. The molecule has 5 aliphatic rings. The summed E-state index contributed by atoms with van der Waals surface area (Å²) in [5.41, 5.74) is -2.31. The fourth-order valence-corrected chi connectivity index (χ4v) is 6.89. The van der Waals surface area contributed by atoms with Gasteiger partial charge in [-0.2, -0.15) is 0 Å². The molecule has 0 bridgehead atoms. The zero-order valence-electron chi connectivity index (χ0n) is 22.3. The van der Waals surface area contributed by atoms with Gasteiger partial charge in [-0.25, -0.2) is 0 Å². The van der Waals surface area contributed by atoms with Crippen LogP contribution in [0.15, 0.2) is 24.3 Å². The van der Waals surface area contributed by atoms with Crippen LogP contribution in [0.5, 0.6) is 0 Å². The Morgan fingerprint density at radius 2 is 1.70 bits per heavy atom. The summed E-state index contributed by atoms with van der Waals surface area (Å²) in [5, 5.41) is 10.4. The van der Waals surface area contributed by atoms with Gasteiger partial charge < -0.3 is 29.3 Å². The quantitative estimate of drug-likeness (QED) is 0.485. The Hall–Kier alpha value is -2.27. The first-order valence-corrected chi connectivity index (χ1v) is 13.5. The highest BCUT2D eigenvalue weighted by atomic mass is 16.5. The molecule has 37 heavy (non-hydrogen) atoms. The molecular formula is C27H40N4O6. The number of fused-ring (bicyclic) bond motifs is 2. The summed E-state index contributed by atoms with van der Waals surface area (Å²) in [6.45, 7) is 10.5. The van der Waals surface area contributed by atoms with E-state index in [0.717, 1.165) is 13.1 Å². The van der Waals surface area contributed by atoms with Crippen molar-refractivity contribution in [1.29, 1.82) is 0 Å². The molecule has 3 fully saturated rings. The van der Waals surface area contributed by atoms with Gasteiger partial charge in [-0.3, -0.25) is 19.3 Å². The maximum Gasteiger partial charge on any atom is 0.249 e. The molecule has 5 rings (SSSR count). The van der Waals surface area contributed by atoms with Crippen LogP contribution in [0.25, 0.3) is 0 Å². The van der Waals surface area contributed by atoms with Crippen LogP contribution in [0.3, 0.4) is 0 Å². The predicted molar refractivity (Wildman–Crippen MR) is 135 cm³/mol. The number of morpholine rings is 1. The first kappa shape index (κ1) is 26.3. The van der Waals surface area contributed by atoms with Crippen molar-refractivity contribution in [3.63, 3.8) is 0 Å². The van der Waals surface area contributed by atoms with E-state index < -0.39 is 35.1 Å². The van der Waals surface area contributed by atoms with E-state index >= 15 is 0 Å². The number of rotatable bonds is 6. The highest BCUT2D eigenvalue weighted by Crippen LogP contribution is 2.58. The Morgan fingerprint density at radius 1 is 1.00 bits per heavy atom. The number of carbonyl (C=O) groups is 3. The lowest BCUT2D eigenvalue weighted by molar-refractivity contribution is -0.156. The number of hydrogen-bond donors (Lipinski definition) is 1. The molecule has 5 heterocycles. The molecule has 0 aliphatic carbocycles. The number of ether oxygens (including phenoxy) is 2. The van der Waals surface area contributed by atoms with Gasteiger partial charge >= 0.3 is 0 Å². The largest absolute Gasteiger partial charge is 0.394 e. The normalized spacial score (nSPS) is 37.1. The molecule has 6 atom stereocenters. The molecular weight excluding hydrogens is 476 g/mol. The van der Waals surface area contributed by atoms with Crippen LogP contribution in [0.1, 0.15) is 20.8 Å². The number of hydrogen-bond acceptors (Lipinski definition) is 7. The smallest absolute Gasteiger partial charge is 0.249 e. The van der Waals surface area contributed by atoms with E-state index in [-0.39, 0.29) is 30.2 Å². The number of likely N-dealkylation sites (tertiary alicyclic amines) is 1. The van der Waals surface area contributed by atoms with E-state index in [0.29, 0.717) is 39.4 Å². The summed E-state index contributed by atoms with van der Waals surface area (Å²) in [5.74, 6) is -2.37. The average molecular weight is 517 g/mol. The molecule has 0 aromatic heterocycles. The number of likely N-dealkylation sites (N-methyl/N-ethyl adjacent to an activating group) is 1. The molecule has 5 aliphatic heterocycles. The second-order valence-electron chi connectivity index (χ2n) is 11.5. The van der Waals surface area contributed by atoms with E-state index in [1.54, 1.807) is 21.7 Å². The van der Waals surface area contributed by atoms with Gasteiger partial charge in [0.1, 0.15) is 11.6 Å². The number of nitrogens with zero attached hydrogens (tertiary/aromatic N) is 4. The van der Waals surface area contributed by atoms with Crippen LogP contribution in [-0.2, 0) is 23.9 Å². The Kier molecular flexibility index (Phi) is 6.97. The average Bonchev–Trinajstić information content (AvgIpc) is 3.14.